The van der Waals surface area contributed by atoms with Gasteiger partial charge in [0, 0.05) is 28.4 Å². The van der Waals surface area contributed by atoms with Gasteiger partial charge in [-0.25, -0.2) is 10.1 Å². The van der Waals surface area contributed by atoms with Crippen molar-refractivity contribution in [1.29, 1.82) is 0 Å². The molecule has 0 spiro atoms. The molecule has 7 nitrogen and oxygen atoms in total. The molecular weight excluding hydrogens is 390 g/mol. The first kappa shape index (κ1) is 20.3. The molecule has 1 aromatic heterocycles. The fraction of sp³-hybridized carbons (Fsp3) is 0.143. The van der Waals surface area contributed by atoms with Crippen LogP contribution in [0.5, 0.6) is 0 Å². The van der Waals surface area contributed by atoms with Crippen LogP contribution in [0.2, 0.25) is 5.02 Å². The van der Waals surface area contributed by atoms with Gasteiger partial charge in [0.25, 0.3) is 0 Å². The molecule has 0 unspecified atom stereocenters. The van der Waals surface area contributed by atoms with Crippen LogP contribution in [0.4, 0.5) is 0 Å². The first-order chi connectivity index (χ1) is 13.9. The van der Waals surface area contributed by atoms with Gasteiger partial charge in [-0.15, -0.1) is 0 Å². The van der Waals surface area contributed by atoms with E-state index in [-0.39, 0.29) is 6.04 Å². The van der Waals surface area contributed by atoms with Crippen LogP contribution >= 0.6 is 11.6 Å². The van der Waals surface area contributed by atoms with E-state index in [9.17, 15) is 9.59 Å². The summed E-state index contributed by atoms with van der Waals surface area (Å²) in [6, 6.07) is 16.7. The molecule has 2 N–H and O–H groups in total. The van der Waals surface area contributed by atoms with Crippen LogP contribution in [0, 0.1) is 0 Å². The maximum absolute atomic E-state index is 11.8. The summed E-state index contributed by atoms with van der Waals surface area (Å²) in [4.78, 5) is 23.5. The number of rotatable bonds is 5. The van der Waals surface area contributed by atoms with Crippen molar-refractivity contribution < 1.29 is 9.59 Å². The van der Waals surface area contributed by atoms with Gasteiger partial charge in [-0.2, -0.15) is 10.2 Å². The van der Waals surface area contributed by atoms with Crippen LogP contribution in [0.3, 0.4) is 0 Å². The molecule has 29 heavy (non-hydrogen) atoms. The number of carbonyl (C=O) groups excluding carboxylic acids is 2. The minimum Gasteiger partial charge on any atom is -0.346 e. The normalized spacial score (nSPS) is 11.0. The maximum Gasteiger partial charge on any atom is 0.329 e. The molecule has 0 bridgehead atoms. The SMILES string of the molecule is CC(C)NC(=O)C(=O)N/N=C\c1cn(-c2ccccc2)nc1-c1ccc(Cl)cc1. The monoisotopic (exact) mass is 409 g/mol. The zero-order valence-corrected chi connectivity index (χ0v) is 16.7. The number of hydrogen-bond acceptors (Lipinski definition) is 4. The van der Waals surface area contributed by atoms with Gasteiger partial charge < -0.3 is 5.32 Å². The molecular formula is C21H20ClN5O2. The highest BCUT2D eigenvalue weighted by Crippen LogP contribution is 2.24. The van der Waals surface area contributed by atoms with Gasteiger partial charge in [0.1, 0.15) is 5.69 Å². The van der Waals surface area contributed by atoms with Crippen LogP contribution in [-0.4, -0.2) is 33.9 Å². The first-order valence-corrected chi connectivity index (χ1v) is 9.37. The Morgan fingerprint density at radius 2 is 1.76 bits per heavy atom. The van der Waals surface area contributed by atoms with Crippen molar-refractivity contribution in [3.63, 3.8) is 0 Å². The maximum atomic E-state index is 11.8. The summed E-state index contributed by atoms with van der Waals surface area (Å²) in [5.74, 6) is -1.58. The Bertz CT molecular complexity index is 1030. The molecule has 0 aliphatic carbocycles. The number of para-hydroxylation sites is 1. The quantitative estimate of drug-likeness (QED) is 0.385. The number of benzene rings is 2. The summed E-state index contributed by atoms with van der Waals surface area (Å²) in [5.41, 5.74) is 5.28. The smallest absolute Gasteiger partial charge is 0.329 e. The van der Waals surface area contributed by atoms with Gasteiger partial charge in [-0.3, -0.25) is 9.59 Å². The number of nitrogens with zero attached hydrogens (tertiary/aromatic N) is 3. The second-order valence-corrected chi connectivity index (χ2v) is 6.98. The summed E-state index contributed by atoms with van der Waals surface area (Å²) in [6.07, 6.45) is 3.25. The van der Waals surface area contributed by atoms with E-state index in [0.29, 0.717) is 16.3 Å². The molecule has 3 aromatic rings. The molecule has 0 radical (unpaired) electrons. The van der Waals surface area contributed by atoms with E-state index < -0.39 is 11.8 Å². The van der Waals surface area contributed by atoms with Crippen molar-refractivity contribution in [3.8, 4) is 16.9 Å². The highest BCUT2D eigenvalue weighted by atomic mass is 35.5. The third-order valence-electron chi connectivity index (χ3n) is 3.88. The van der Waals surface area contributed by atoms with Gasteiger partial charge in [0.15, 0.2) is 0 Å². The Kier molecular flexibility index (Phi) is 6.41. The molecule has 0 aliphatic rings. The van der Waals surface area contributed by atoms with E-state index in [1.807, 2.05) is 42.5 Å². The molecule has 0 saturated carbocycles. The molecule has 3 rings (SSSR count). The van der Waals surface area contributed by atoms with Crippen molar-refractivity contribution in [2.24, 2.45) is 5.10 Å². The van der Waals surface area contributed by atoms with E-state index >= 15 is 0 Å². The van der Waals surface area contributed by atoms with Crippen LogP contribution in [0.25, 0.3) is 16.9 Å². The zero-order valence-electron chi connectivity index (χ0n) is 16.0. The largest absolute Gasteiger partial charge is 0.346 e. The molecule has 1 heterocycles. The van der Waals surface area contributed by atoms with Crippen LogP contribution in [-0.2, 0) is 9.59 Å². The molecule has 0 aliphatic heterocycles. The Hall–Kier alpha value is -3.45. The number of halogens is 1. The van der Waals surface area contributed by atoms with Gasteiger partial charge in [-0.05, 0) is 38.1 Å². The number of amides is 2. The average Bonchev–Trinajstić information content (AvgIpc) is 3.13. The van der Waals surface area contributed by atoms with Gasteiger partial charge in [0.2, 0.25) is 0 Å². The van der Waals surface area contributed by atoms with Gasteiger partial charge in [-0.1, -0.05) is 41.9 Å². The Morgan fingerprint density at radius 3 is 2.41 bits per heavy atom. The highest BCUT2D eigenvalue weighted by molar-refractivity contribution is 6.35. The summed E-state index contributed by atoms with van der Waals surface area (Å²) < 4.78 is 1.72. The van der Waals surface area contributed by atoms with Crippen LogP contribution in [0.15, 0.2) is 65.9 Å². The molecule has 0 saturated heterocycles. The fourth-order valence-electron chi connectivity index (χ4n) is 2.57. The lowest BCUT2D eigenvalue weighted by atomic mass is 10.1. The number of nitrogens with one attached hydrogen (secondary N) is 2. The minimum absolute atomic E-state index is 0.141. The minimum atomic E-state index is -0.835. The topological polar surface area (TPSA) is 88.4 Å². The van der Waals surface area contributed by atoms with E-state index in [4.69, 9.17) is 11.6 Å². The fourth-order valence-corrected chi connectivity index (χ4v) is 2.69. The lowest BCUT2D eigenvalue weighted by Gasteiger charge is -2.05. The number of hydrazone groups is 1. The van der Waals surface area contributed by atoms with Crippen molar-refractivity contribution in [2.75, 3.05) is 0 Å². The number of aromatic nitrogens is 2. The second-order valence-electron chi connectivity index (χ2n) is 6.55. The predicted octanol–water partition coefficient (Wildman–Crippen LogP) is 3.17. The molecule has 0 fully saturated rings. The van der Waals surface area contributed by atoms with Gasteiger partial charge >= 0.3 is 11.8 Å². The van der Waals surface area contributed by atoms with Crippen LogP contribution in [0.1, 0.15) is 19.4 Å². The zero-order chi connectivity index (χ0) is 20.8. The lowest BCUT2D eigenvalue weighted by Crippen LogP contribution is -2.41. The second kappa shape index (κ2) is 9.16. The number of hydrogen-bond donors (Lipinski definition) is 2. The number of carbonyl (C=O) groups is 2. The van der Waals surface area contributed by atoms with Crippen molar-refractivity contribution in [2.45, 2.75) is 19.9 Å². The van der Waals surface area contributed by atoms with E-state index in [0.717, 1.165) is 11.3 Å². The molecule has 8 heteroatoms. The lowest BCUT2D eigenvalue weighted by molar-refractivity contribution is -0.139. The van der Waals surface area contributed by atoms with Crippen molar-refractivity contribution in [1.82, 2.24) is 20.5 Å². The first-order valence-electron chi connectivity index (χ1n) is 8.99. The summed E-state index contributed by atoms with van der Waals surface area (Å²) in [5, 5.41) is 11.7. The highest BCUT2D eigenvalue weighted by Gasteiger charge is 2.14. The molecule has 0 atom stereocenters. The Labute approximate surface area is 173 Å². The third-order valence-corrected chi connectivity index (χ3v) is 4.13. The van der Waals surface area contributed by atoms with Crippen LogP contribution < -0.4 is 10.7 Å². The Balaban J connectivity index is 1.88. The standard InChI is InChI=1S/C21H20ClN5O2/c1-14(2)24-20(28)21(29)25-23-12-16-13-27(18-6-4-3-5-7-18)26-19(16)15-8-10-17(22)11-9-15/h3-14H,1-2H3,(H,24,28)(H,25,29)/b23-12-. The predicted molar refractivity (Wildman–Crippen MR) is 113 cm³/mol. The summed E-state index contributed by atoms with van der Waals surface area (Å²) in [6.45, 7) is 3.54. The van der Waals surface area contributed by atoms with Crippen molar-refractivity contribution >= 4 is 29.6 Å². The average molecular weight is 410 g/mol. The Morgan fingerprint density at radius 1 is 1.07 bits per heavy atom. The van der Waals surface area contributed by atoms with Gasteiger partial charge in [0.05, 0.1) is 11.9 Å². The van der Waals surface area contributed by atoms with E-state index in [2.05, 4.69) is 20.9 Å². The van der Waals surface area contributed by atoms with Crippen molar-refractivity contribution in [3.05, 3.63) is 71.4 Å². The van der Waals surface area contributed by atoms with E-state index in [1.54, 1.807) is 36.9 Å². The van der Waals surface area contributed by atoms with E-state index in [1.165, 1.54) is 6.21 Å². The third kappa shape index (κ3) is 5.30. The molecule has 2 amide bonds. The molecule has 148 valence electrons. The summed E-state index contributed by atoms with van der Waals surface area (Å²) in [7, 11) is 0. The molecule has 2 aromatic carbocycles. The summed E-state index contributed by atoms with van der Waals surface area (Å²) >= 11 is 5.99.